The lowest BCUT2D eigenvalue weighted by Crippen LogP contribution is -2.43. The number of benzene rings is 2. The quantitative estimate of drug-likeness (QED) is 0.862. The molecule has 0 amide bonds. The Hall–Kier alpha value is -1.54. The lowest BCUT2D eigenvalue weighted by Gasteiger charge is -2.39. The van der Waals surface area contributed by atoms with Gasteiger partial charge in [-0.2, -0.15) is 0 Å². The van der Waals surface area contributed by atoms with Gasteiger partial charge in [0.05, 0.1) is 0 Å². The third-order valence-electron chi connectivity index (χ3n) is 5.05. The number of phenolic OH excluding ortho intramolecular Hbond substituents is 1. The van der Waals surface area contributed by atoms with E-state index in [4.69, 9.17) is 0 Å². The van der Waals surface area contributed by atoms with E-state index < -0.39 is 0 Å². The molecule has 0 saturated heterocycles. The van der Waals surface area contributed by atoms with Crippen molar-refractivity contribution in [3.8, 4) is 5.75 Å². The molecular weight excluding hydrogens is 258 g/mol. The molecule has 0 spiro atoms. The highest BCUT2D eigenvalue weighted by atomic mass is 16.3. The summed E-state index contributed by atoms with van der Waals surface area (Å²) in [6, 6.07) is 12.6. The molecule has 1 unspecified atom stereocenters. The van der Waals surface area contributed by atoms with E-state index in [1.807, 2.05) is 24.3 Å². The van der Waals surface area contributed by atoms with Crippen molar-refractivity contribution in [3.63, 3.8) is 0 Å². The minimum Gasteiger partial charge on any atom is -0.508 e. The highest BCUT2D eigenvalue weighted by molar-refractivity contribution is 5.87. The Morgan fingerprint density at radius 2 is 1.95 bits per heavy atom. The molecule has 1 aliphatic carbocycles. The van der Waals surface area contributed by atoms with Crippen LogP contribution in [0.3, 0.4) is 0 Å². The monoisotopic (exact) mass is 283 g/mol. The fourth-order valence-electron chi connectivity index (χ4n) is 3.61. The molecule has 2 heteroatoms. The van der Waals surface area contributed by atoms with Gasteiger partial charge in [-0.15, -0.1) is 0 Å². The first-order chi connectivity index (χ1) is 10.1. The largest absolute Gasteiger partial charge is 0.508 e. The third kappa shape index (κ3) is 2.91. The Morgan fingerprint density at radius 3 is 2.76 bits per heavy atom. The normalized spacial score (nSPS) is 21.5. The highest BCUT2D eigenvalue weighted by Gasteiger charge is 2.31. The minimum atomic E-state index is 0.346. The Bertz CT molecular complexity index is 632. The van der Waals surface area contributed by atoms with Crippen LogP contribution in [-0.2, 0) is 6.54 Å². The van der Waals surface area contributed by atoms with E-state index in [1.54, 1.807) is 0 Å². The first-order valence-corrected chi connectivity index (χ1v) is 8.01. The van der Waals surface area contributed by atoms with Crippen molar-refractivity contribution in [1.29, 1.82) is 0 Å². The standard InChI is InChI=1S/C19H25NO/c1-19(2)12-6-5-9-18(19)20-13-16-15-8-4-3-7-14(15)10-11-17(16)21/h3-4,7-8,10-11,18,20-21H,5-6,9,12-13H2,1-2H3. The first-order valence-electron chi connectivity index (χ1n) is 8.01. The van der Waals surface area contributed by atoms with Crippen LogP contribution in [0, 0.1) is 5.41 Å². The second kappa shape index (κ2) is 5.69. The van der Waals surface area contributed by atoms with Crippen molar-refractivity contribution in [3.05, 3.63) is 42.0 Å². The number of rotatable bonds is 3. The highest BCUT2D eigenvalue weighted by Crippen LogP contribution is 2.36. The summed E-state index contributed by atoms with van der Waals surface area (Å²) in [5.74, 6) is 0.398. The van der Waals surface area contributed by atoms with Crippen LogP contribution in [0.15, 0.2) is 36.4 Å². The Labute approximate surface area is 127 Å². The fraction of sp³-hybridized carbons (Fsp3) is 0.474. The van der Waals surface area contributed by atoms with Crippen molar-refractivity contribution in [2.24, 2.45) is 5.41 Å². The number of hydrogen-bond donors (Lipinski definition) is 2. The van der Waals surface area contributed by atoms with Crippen LogP contribution in [-0.4, -0.2) is 11.1 Å². The molecule has 2 aromatic carbocycles. The molecular formula is C19H25NO. The van der Waals surface area contributed by atoms with E-state index >= 15 is 0 Å². The molecule has 2 N–H and O–H groups in total. The molecule has 1 fully saturated rings. The van der Waals surface area contributed by atoms with Crippen LogP contribution in [0.25, 0.3) is 10.8 Å². The van der Waals surface area contributed by atoms with E-state index in [1.165, 1.54) is 31.1 Å². The summed E-state index contributed by atoms with van der Waals surface area (Å²) in [4.78, 5) is 0. The van der Waals surface area contributed by atoms with Crippen molar-refractivity contribution in [2.75, 3.05) is 0 Å². The average molecular weight is 283 g/mol. The third-order valence-corrected chi connectivity index (χ3v) is 5.05. The number of nitrogens with one attached hydrogen (secondary N) is 1. The Kier molecular flexibility index (Phi) is 3.90. The maximum atomic E-state index is 10.2. The molecule has 3 rings (SSSR count). The summed E-state index contributed by atoms with van der Waals surface area (Å²) < 4.78 is 0. The van der Waals surface area contributed by atoms with Gasteiger partial charge in [0.25, 0.3) is 0 Å². The summed E-state index contributed by atoms with van der Waals surface area (Å²) in [5.41, 5.74) is 1.37. The van der Waals surface area contributed by atoms with Crippen LogP contribution in [0.4, 0.5) is 0 Å². The molecule has 0 bridgehead atoms. The molecule has 112 valence electrons. The van der Waals surface area contributed by atoms with Gasteiger partial charge < -0.3 is 10.4 Å². The van der Waals surface area contributed by atoms with Crippen molar-refractivity contribution in [2.45, 2.75) is 52.1 Å². The lowest BCUT2D eigenvalue weighted by atomic mass is 9.73. The van der Waals surface area contributed by atoms with Crippen LogP contribution in [0.5, 0.6) is 5.75 Å². The predicted molar refractivity (Wildman–Crippen MR) is 88.5 cm³/mol. The zero-order valence-corrected chi connectivity index (χ0v) is 13.0. The van der Waals surface area contributed by atoms with Crippen molar-refractivity contribution < 1.29 is 5.11 Å². The zero-order valence-electron chi connectivity index (χ0n) is 13.0. The summed E-state index contributed by atoms with van der Waals surface area (Å²) >= 11 is 0. The smallest absolute Gasteiger partial charge is 0.120 e. The molecule has 0 radical (unpaired) electrons. The molecule has 1 saturated carbocycles. The van der Waals surface area contributed by atoms with E-state index in [2.05, 4.69) is 31.3 Å². The van der Waals surface area contributed by atoms with Crippen LogP contribution in [0.1, 0.15) is 45.1 Å². The molecule has 1 aliphatic rings. The van der Waals surface area contributed by atoms with Crippen LogP contribution >= 0.6 is 0 Å². The van der Waals surface area contributed by atoms with Crippen molar-refractivity contribution in [1.82, 2.24) is 5.32 Å². The van der Waals surface area contributed by atoms with Gasteiger partial charge in [-0.05, 0) is 35.1 Å². The van der Waals surface area contributed by atoms with Gasteiger partial charge in [-0.1, -0.05) is 57.0 Å². The van der Waals surface area contributed by atoms with E-state index in [9.17, 15) is 5.11 Å². The van der Waals surface area contributed by atoms with E-state index in [0.717, 1.165) is 17.5 Å². The number of fused-ring (bicyclic) bond motifs is 1. The van der Waals surface area contributed by atoms with Crippen LogP contribution in [0.2, 0.25) is 0 Å². The maximum Gasteiger partial charge on any atom is 0.120 e. The number of phenols is 1. The summed E-state index contributed by atoms with van der Waals surface area (Å²) in [5, 5.41) is 16.3. The maximum absolute atomic E-state index is 10.2. The van der Waals surface area contributed by atoms with Gasteiger partial charge in [0.15, 0.2) is 0 Å². The molecule has 0 aliphatic heterocycles. The predicted octanol–water partition coefficient (Wildman–Crippen LogP) is 4.60. The summed E-state index contributed by atoms with van der Waals surface area (Å²) in [7, 11) is 0. The molecule has 0 aromatic heterocycles. The van der Waals surface area contributed by atoms with Gasteiger partial charge in [-0.3, -0.25) is 0 Å². The molecule has 0 heterocycles. The summed E-state index contributed by atoms with van der Waals surface area (Å²) in [6.45, 7) is 5.45. The van der Waals surface area contributed by atoms with E-state index in [0.29, 0.717) is 17.2 Å². The molecule has 2 nitrogen and oxygen atoms in total. The number of aromatic hydroxyl groups is 1. The Morgan fingerprint density at radius 1 is 1.14 bits per heavy atom. The van der Waals surface area contributed by atoms with Gasteiger partial charge in [0.1, 0.15) is 5.75 Å². The second-order valence-electron chi connectivity index (χ2n) is 6.95. The van der Waals surface area contributed by atoms with Gasteiger partial charge in [0.2, 0.25) is 0 Å². The molecule has 1 atom stereocenters. The molecule has 2 aromatic rings. The van der Waals surface area contributed by atoms with Gasteiger partial charge in [-0.25, -0.2) is 0 Å². The van der Waals surface area contributed by atoms with Crippen molar-refractivity contribution >= 4 is 10.8 Å². The van der Waals surface area contributed by atoms with Gasteiger partial charge >= 0.3 is 0 Å². The number of hydrogen-bond acceptors (Lipinski definition) is 2. The van der Waals surface area contributed by atoms with E-state index in [-0.39, 0.29) is 0 Å². The lowest BCUT2D eigenvalue weighted by molar-refractivity contribution is 0.166. The molecule has 21 heavy (non-hydrogen) atoms. The average Bonchev–Trinajstić information content (AvgIpc) is 2.47. The zero-order chi connectivity index (χ0) is 14.9. The fourth-order valence-corrected chi connectivity index (χ4v) is 3.61. The topological polar surface area (TPSA) is 32.3 Å². The first kappa shape index (κ1) is 14.4. The second-order valence-corrected chi connectivity index (χ2v) is 6.95. The Balaban J connectivity index is 1.83. The minimum absolute atomic E-state index is 0.346. The van der Waals surface area contributed by atoms with Gasteiger partial charge in [0, 0.05) is 18.2 Å². The SMILES string of the molecule is CC1(C)CCCCC1NCc1c(O)ccc2ccccc12. The van der Waals surface area contributed by atoms with Crippen LogP contribution < -0.4 is 5.32 Å². The summed E-state index contributed by atoms with van der Waals surface area (Å²) in [6.07, 6.45) is 5.16.